The minimum atomic E-state index is -0.624. The van der Waals surface area contributed by atoms with Crippen LogP contribution >= 0.6 is 23.2 Å². The summed E-state index contributed by atoms with van der Waals surface area (Å²) >= 11 is 12.5. The monoisotopic (exact) mass is 369 g/mol. The molecule has 128 valence electrons. The Bertz CT molecular complexity index is 785. The molecule has 0 aliphatic heterocycles. The molecule has 1 fully saturated rings. The van der Waals surface area contributed by atoms with Crippen LogP contribution in [0.25, 0.3) is 0 Å². The van der Waals surface area contributed by atoms with Crippen molar-refractivity contribution in [2.75, 3.05) is 0 Å². The highest BCUT2D eigenvalue weighted by molar-refractivity contribution is 6.36. The summed E-state index contributed by atoms with van der Waals surface area (Å²) in [6, 6.07) is 5.28. The van der Waals surface area contributed by atoms with E-state index in [2.05, 4.69) is 12.0 Å². The fourth-order valence-corrected chi connectivity index (χ4v) is 3.46. The van der Waals surface area contributed by atoms with Gasteiger partial charge in [-0.1, -0.05) is 36.2 Å². The Morgan fingerprint density at radius 2 is 2.00 bits per heavy atom. The first-order valence-corrected chi connectivity index (χ1v) is 8.49. The van der Waals surface area contributed by atoms with Crippen molar-refractivity contribution in [2.24, 2.45) is 13.0 Å². The first kappa shape index (κ1) is 17.2. The number of nitrogens with zero attached hydrogens (tertiary/aromatic N) is 3. The lowest BCUT2D eigenvalue weighted by Gasteiger charge is -2.24. The molecule has 4 nitrogen and oxygen atoms in total. The molecule has 0 bridgehead atoms. The van der Waals surface area contributed by atoms with Crippen molar-refractivity contribution < 1.29 is 9.18 Å². The molecule has 0 saturated heterocycles. The van der Waals surface area contributed by atoms with Crippen LogP contribution in [0.1, 0.15) is 35.0 Å². The smallest absolute Gasteiger partial charge is 0.260 e. The molecular formula is C17H18Cl2FN3O. The fourth-order valence-electron chi connectivity index (χ4n) is 2.95. The van der Waals surface area contributed by atoms with Crippen LogP contribution in [0.2, 0.25) is 10.0 Å². The van der Waals surface area contributed by atoms with Gasteiger partial charge in [-0.05, 0) is 31.4 Å². The molecule has 1 aromatic heterocycles. The van der Waals surface area contributed by atoms with Crippen LogP contribution in [0.5, 0.6) is 0 Å². The molecule has 2 atom stereocenters. The molecule has 0 N–H and O–H groups in total. The van der Waals surface area contributed by atoms with E-state index in [0.29, 0.717) is 27.2 Å². The van der Waals surface area contributed by atoms with Crippen molar-refractivity contribution in [3.8, 4) is 0 Å². The number of amides is 1. The van der Waals surface area contributed by atoms with Crippen LogP contribution in [0.15, 0.2) is 18.2 Å². The van der Waals surface area contributed by atoms with Crippen molar-refractivity contribution >= 4 is 29.1 Å². The Morgan fingerprint density at radius 3 is 2.46 bits per heavy atom. The zero-order chi connectivity index (χ0) is 17.6. The van der Waals surface area contributed by atoms with Crippen LogP contribution in [0, 0.1) is 18.8 Å². The maximum atomic E-state index is 14.3. The summed E-state index contributed by atoms with van der Waals surface area (Å²) in [5.74, 6) is -0.625. The van der Waals surface area contributed by atoms with Crippen molar-refractivity contribution in [2.45, 2.75) is 32.9 Å². The Labute approximate surface area is 150 Å². The lowest BCUT2D eigenvalue weighted by Crippen LogP contribution is -2.34. The largest absolute Gasteiger partial charge is 0.331 e. The highest BCUT2D eigenvalue weighted by atomic mass is 35.5. The third kappa shape index (κ3) is 3.03. The maximum Gasteiger partial charge on any atom is 0.260 e. The maximum absolute atomic E-state index is 14.3. The number of hydrogen-bond acceptors (Lipinski definition) is 2. The summed E-state index contributed by atoms with van der Waals surface area (Å²) in [5, 5.41) is 4.99. The molecule has 1 aliphatic carbocycles. The van der Waals surface area contributed by atoms with Gasteiger partial charge in [-0.3, -0.25) is 4.79 Å². The van der Waals surface area contributed by atoms with Crippen LogP contribution in [0.3, 0.4) is 0 Å². The number of hydrogen-bond donors (Lipinski definition) is 0. The molecule has 24 heavy (non-hydrogen) atoms. The van der Waals surface area contributed by atoms with Crippen LogP contribution < -0.4 is 0 Å². The summed E-state index contributed by atoms with van der Waals surface area (Å²) in [6.07, 6.45) is 0.884. The molecule has 7 heteroatoms. The minimum Gasteiger partial charge on any atom is -0.331 e. The third-order valence-electron chi connectivity index (χ3n) is 4.48. The number of aryl methyl sites for hydroxylation is 2. The van der Waals surface area contributed by atoms with E-state index in [-0.39, 0.29) is 24.1 Å². The summed E-state index contributed by atoms with van der Waals surface area (Å²) in [7, 11) is 1.48. The van der Waals surface area contributed by atoms with E-state index < -0.39 is 5.95 Å². The molecule has 1 heterocycles. The minimum absolute atomic E-state index is 0.0137. The van der Waals surface area contributed by atoms with Crippen molar-refractivity contribution in [3.05, 3.63) is 51.0 Å². The third-order valence-corrected chi connectivity index (χ3v) is 5.19. The molecule has 3 rings (SSSR count). The van der Waals surface area contributed by atoms with Gasteiger partial charge in [-0.25, -0.2) is 4.68 Å². The van der Waals surface area contributed by atoms with E-state index in [1.165, 1.54) is 7.05 Å². The summed E-state index contributed by atoms with van der Waals surface area (Å²) in [4.78, 5) is 14.7. The van der Waals surface area contributed by atoms with Gasteiger partial charge in [-0.15, -0.1) is 0 Å². The SMILES string of the molecule is Cc1nn(C)c(F)c1C(=O)N(Cc1c(Cl)cccc1Cl)C1CC1C. The summed E-state index contributed by atoms with van der Waals surface area (Å²) < 4.78 is 15.4. The lowest BCUT2D eigenvalue weighted by molar-refractivity contribution is 0.0716. The van der Waals surface area contributed by atoms with Crippen molar-refractivity contribution in [3.63, 3.8) is 0 Å². The quantitative estimate of drug-likeness (QED) is 0.808. The Balaban J connectivity index is 1.97. The average molecular weight is 370 g/mol. The topological polar surface area (TPSA) is 38.1 Å². The van der Waals surface area contributed by atoms with Gasteiger partial charge in [-0.2, -0.15) is 9.49 Å². The van der Waals surface area contributed by atoms with Gasteiger partial charge < -0.3 is 4.90 Å². The molecular weight excluding hydrogens is 352 g/mol. The number of carbonyl (C=O) groups excluding carboxylic acids is 1. The van der Waals surface area contributed by atoms with Gasteiger partial charge in [0.1, 0.15) is 5.56 Å². The second-order valence-electron chi connectivity index (χ2n) is 6.29. The lowest BCUT2D eigenvalue weighted by atomic mass is 10.1. The van der Waals surface area contributed by atoms with Crippen molar-refractivity contribution in [1.29, 1.82) is 0 Å². The van der Waals surface area contributed by atoms with Crippen LogP contribution in [-0.2, 0) is 13.6 Å². The number of benzene rings is 1. The first-order valence-electron chi connectivity index (χ1n) is 7.74. The molecule has 0 spiro atoms. The number of carbonyl (C=O) groups is 1. The Morgan fingerprint density at radius 1 is 1.42 bits per heavy atom. The average Bonchev–Trinajstić information content (AvgIpc) is 3.16. The van der Waals surface area contributed by atoms with Gasteiger partial charge in [0.15, 0.2) is 0 Å². The number of rotatable bonds is 4. The van der Waals surface area contributed by atoms with Gasteiger partial charge in [0.2, 0.25) is 5.95 Å². The molecule has 2 aromatic rings. The predicted molar refractivity (Wildman–Crippen MR) is 91.8 cm³/mol. The highest BCUT2D eigenvalue weighted by Gasteiger charge is 2.42. The van der Waals surface area contributed by atoms with E-state index in [1.54, 1.807) is 30.0 Å². The van der Waals surface area contributed by atoms with E-state index in [1.807, 2.05) is 0 Å². The Hall–Kier alpha value is -1.59. The van der Waals surface area contributed by atoms with E-state index >= 15 is 0 Å². The molecule has 0 radical (unpaired) electrons. The normalized spacial score (nSPS) is 19.4. The second-order valence-corrected chi connectivity index (χ2v) is 7.10. The zero-order valence-electron chi connectivity index (χ0n) is 13.7. The number of halogens is 3. The highest BCUT2D eigenvalue weighted by Crippen LogP contribution is 2.38. The van der Waals surface area contributed by atoms with Gasteiger partial charge in [0, 0.05) is 35.2 Å². The molecule has 2 unspecified atom stereocenters. The standard InChI is InChI=1S/C17H18Cl2FN3O/c1-9-7-14(9)23(8-11-12(18)5-4-6-13(11)19)17(24)15-10(2)21-22(3)16(15)20/h4-6,9,14H,7-8H2,1-3H3. The predicted octanol–water partition coefficient (Wildman–Crippen LogP) is 4.23. The summed E-state index contributed by atoms with van der Waals surface area (Å²) in [6.45, 7) is 3.94. The van der Waals surface area contributed by atoms with E-state index in [9.17, 15) is 9.18 Å². The first-order chi connectivity index (χ1) is 11.3. The van der Waals surface area contributed by atoms with E-state index in [0.717, 1.165) is 11.1 Å². The van der Waals surface area contributed by atoms with Gasteiger partial charge >= 0.3 is 0 Å². The van der Waals surface area contributed by atoms with E-state index in [4.69, 9.17) is 23.2 Å². The fraction of sp³-hybridized carbons (Fsp3) is 0.412. The van der Waals surface area contributed by atoms with Gasteiger partial charge in [0.25, 0.3) is 5.91 Å². The second kappa shape index (κ2) is 6.37. The van der Waals surface area contributed by atoms with Crippen LogP contribution in [0.4, 0.5) is 4.39 Å². The molecule has 1 amide bonds. The van der Waals surface area contributed by atoms with Crippen molar-refractivity contribution in [1.82, 2.24) is 14.7 Å². The zero-order valence-corrected chi connectivity index (χ0v) is 15.2. The number of aromatic nitrogens is 2. The Kier molecular flexibility index (Phi) is 4.58. The molecule has 1 aliphatic rings. The van der Waals surface area contributed by atoms with Gasteiger partial charge in [0.05, 0.1) is 5.69 Å². The molecule has 1 aromatic carbocycles. The van der Waals surface area contributed by atoms with Crippen LogP contribution in [-0.4, -0.2) is 26.6 Å². The summed E-state index contributed by atoms with van der Waals surface area (Å²) in [5.41, 5.74) is 1.07. The molecule has 1 saturated carbocycles.